The molecular weight excluding hydrogens is 254 g/mol. The van der Waals surface area contributed by atoms with E-state index in [0.717, 1.165) is 5.75 Å². The second-order valence-corrected chi connectivity index (χ2v) is 5.42. The molecule has 1 saturated heterocycles. The van der Waals surface area contributed by atoms with Gasteiger partial charge in [0.15, 0.2) is 6.10 Å². The zero-order valence-corrected chi connectivity index (χ0v) is 12.5. The zero-order chi connectivity index (χ0) is 14.5. The molecule has 1 heterocycles. The van der Waals surface area contributed by atoms with Crippen LogP contribution in [0, 0.1) is 0 Å². The number of ether oxygens (including phenoxy) is 2. The van der Waals surface area contributed by atoms with Crippen LogP contribution in [-0.4, -0.2) is 43.2 Å². The molecule has 0 radical (unpaired) electrons. The number of nitrogens with zero attached hydrogens (tertiary/aromatic N) is 1. The van der Waals surface area contributed by atoms with Gasteiger partial charge in [0.2, 0.25) is 0 Å². The molecular formula is C16H23NO3. The number of morpholine rings is 1. The van der Waals surface area contributed by atoms with Crippen LogP contribution in [0.5, 0.6) is 5.75 Å². The summed E-state index contributed by atoms with van der Waals surface area (Å²) in [6.45, 7) is 8.61. The van der Waals surface area contributed by atoms with E-state index < -0.39 is 6.10 Å². The Hall–Kier alpha value is -1.55. The van der Waals surface area contributed by atoms with E-state index in [0.29, 0.717) is 32.2 Å². The van der Waals surface area contributed by atoms with Gasteiger partial charge >= 0.3 is 0 Å². The van der Waals surface area contributed by atoms with Crippen molar-refractivity contribution in [2.75, 3.05) is 26.3 Å². The van der Waals surface area contributed by atoms with E-state index in [2.05, 4.69) is 19.9 Å². The van der Waals surface area contributed by atoms with Crippen LogP contribution in [0.3, 0.4) is 0 Å². The van der Waals surface area contributed by atoms with Crippen LogP contribution >= 0.6 is 0 Å². The molecule has 1 aliphatic rings. The molecule has 2 rings (SSSR count). The fourth-order valence-corrected chi connectivity index (χ4v) is 2.24. The molecule has 20 heavy (non-hydrogen) atoms. The van der Waals surface area contributed by atoms with Gasteiger partial charge in [-0.3, -0.25) is 4.79 Å². The SMILES string of the molecule is CC(C)c1cccc(O[C@H](C)C(=O)N2CCOCC2)c1. The Bertz CT molecular complexity index is 453. The summed E-state index contributed by atoms with van der Waals surface area (Å²) in [5.74, 6) is 1.23. The predicted molar refractivity (Wildman–Crippen MR) is 78.0 cm³/mol. The summed E-state index contributed by atoms with van der Waals surface area (Å²) >= 11 is 0. The number of benzene rings is 1. The normalized spacial score (nSPS) is 17.1. The average molecular weight is 277 g/mol. The topological polar surface area (TPSA) is 38.8 Å². The van der Waals surface area contributed by atoms with Gasteiger partial charge in [-0.15, -0.1) is 0 Å². The van der Waals surface area contributed by atoms with E-state index in [9.17, 15) is 4.79 Å². The zero-order valence-electron chi connectivity index (χ0n) is 12.5. The first kappa shape index (κ1) is 14.9. The summed E-state index contributed by atoms with van der Waals surface area (Å²) in [6, 6.07) is 7.95. The maximum Gasteiger partial charge on any atom is 0.263 e. The first-order valence-corrected chi connectivity index (χ1v) is 7.21. The number of amides is 1. The molecule has 0 saturated carbocycles. The Kier molecular flexibility index (Phi) is 5.01. The van der Waals surface area contributed by atoms with Crippen molar-refractivity contribution >= 4 is 5.91 Å². The Morgan fingerprint density at radius 2 is 1.95 bits per heavy atom. The lowest BCUT2D eigenvalue weighted by atomic mass is 10.0. The van der Waals surface area contributed by atoms with Gasteiger partial charge in [-0.1, -0.05) is 26.0 Å². The highest BCUT2D eigenvalue weighted by atomic mass is 16.5. The van der Waals surface area contributed by atoms with Crippen molar-refractivity contribution in [2.24, 2.45) is 0 Å². The fourth-order valence-electron chi connectivity index (χ4n) is 2.24. The molecule has 0 spiro atoms. The standard InChI is InChI=1S/C16H23NO3/c1-12(2)14-5-4-6-15(11-14)20-13(3)16(18)17-7-9-19-10-8-17/h4-6,11-13H,7-10H2,1-3H3/t13-/m1/s1. The van der Waals surface area contributed by atoms with Gasteiger partial charge in [0.25, 0.3) is 5.91 Å². The summed E-state index contributed by atoms with van der Waals surface area (Å²) in [5, 5.41) is 0. The van der Waals surface area contributed by atoms with Crippen LogP contribution in [0.25, 0.3) is 0 Å². The molecule has 0 bridgehead atoms. The quantitative estimate of drug-likeness (QED) is 0.848. The molecule has 1 aromatic rings. The number of carbonyl (C=O) groups is 1. The highest BCUT2D eigenvalue weighted by Gasteiger charge is 2.23. The van der Waals surface area contributed by atoms with E-state index in [1.54, 1.807) is 11.8 Å². The van der Waals surface area contributed by atoms with E-state index in [-0.39, 0.29) is 5.91 Å². The second kappa shape index (κ2) is 6.75. The summed E-state index contributed by atoms with van der Waals surface area (Å²) in [4.78, 5) is 14.1. The molecule has 1 aromatic carbocycles. The molecule has 0 aliphatic carbocycles. The molecule has 1 amide bonds. The monoisotopic (exact) mass is 277 g/mol. The molecule has 1 atom stereocenters. The third-order valence-electron chi connectivity index (χ3n) is 3.51. The van der Waals surface area contributed by atoms with Crippen molar-refractivity contribution in [1.82, 2.24) is 4.90 Å². The van der Waals surface area contributed by atoms with Crippen molar-refractivity contribution in [3.63, 3.8) is 0 Å². The number of carbonyl (C=O) groups excluding carboxylic acids is 1. The van der Waals surface area contributed by atoms with Gasteiger partial charge in [0, 0.05) is 13.1 Å². The summed E-state index contributed by atoms with van der Waals surface area (Å²) in [6.07, 6.45) is -0.462. The third-order valence-corrected chi connectivity index (χ3v) is 3.51. The number of rotatable bonds is 4. The Labute approximate surface area is 120 Å². The lowest BCUT2D eigenvalue weighted by molar-refractivity contribution is -0.142. The van der Waals surface area contributed by atoms with Gasteiger partial charge in [0.1, 0.15) is 5.75 Å². The van der Waals surface area contributed by atoms with Crippen molar-refractivity contribution in [3.05, 3.63) is 29.8 Å². The van der Waals surface area contributed by atoms with Crippen LogP contribution in [0.2, 0.25) is 0 Å². The first-order valence-electron chi connectivity index (χ1n) is 7.21. The molecule has 110 valence electrons. The molecule has 1 aliphatic heterocycles. The van der Waals surface area contributed by atoms with Crippen molar-refractivity contribution in [2.45, 2.75) is 32.8 Å². The van der Waals surface area contributed by atoms with Crippen LogP contribution in [0.15, 0.2) is 24.3 Å². The predicted octanol–water partition coefficient (Wildman–Crippen LogP) is 2.44. The smallest absolute Gasteiger partial charge is 0.263 e. The molecule has 0 N–H and O–H groups in total. The lowest BCUT2D eigenvalue weighted by Gasteiger charge is -2.29. The fraction of sp³-hybridized carbons (Fsp3) is 0.562. The Morgan fingerprint density at radius 1 is 1.25 bits per heavy atom. The summed E-state index contributed by atoms with van der Waals surface area (Å²) in [5.41, 5.74) is 1.22. The number of hydrogen-bond acceptors (Lipinski definition) is 3. The highest BCUT2D eigenvalue weighted by Crippen LogP contribution is 2.21. The second-order valence-electron chi connectivity index (χ2n) is 5.42. The van der Waals surface area contributed by atoms with Crippen molar-refractivity contribution < 1.29 is 14.3 Å². The van der Waals surface area contributed by atoms with Crippen LogP contribution in [0.1, 0.15) is 32.3 Å². The first-order chi connectivity index (χ1) is 9.58. The van der Waals surface area contributed by atoms with E-state index in [1.807, 2.05) is 18.2 Å². The summed E-state index contributed by atoms with van der Waals surface area (Å²) in [7, 11) is 0. The molecule has 4 heteroatoms. The van der Waals surface area contributed by atoms with E-state index in [4.69, 9.17) is 9.47 Å². The number of hydrogen-bond donors (Lipinski definition) is 0. The highest BCUT2D eigenvalue weighted by molar-refractivity contribution is 5.81. The minimum Gasteiger partial charge on any atom is -0.481 e. The van der Waals surface area contributed by atoms with Gasteiger partial charge in [-0.25, -0.2) is 0 Å². The van der Waals surface area contributed by atoms with E-state index in [1.165, 1.54) is 5.56 Å². The third kappa shape index (κ3) is 3.73. The maximum atomic E-state index is 12.3. The lowest BCUT2D eigenvalue weighted by Crippen LogP contribution is -2.46. The maximum absolute atomic E-state index is 12.3. The average Bonchev–Trinajstić information content (AvgIpc) is 2.47. The molecule has 0 unspecified atom stereocenters. The largest absolute Gasteiger partial charge is 0.481 e. The van der Waals surface area contributed by atoms with Crippen LogP contribution in [0.4, 0.5) is 0 Å². The van der Waals surface area contributed by atoms with Gasteiger partial charge in [-0.2, -0.15) is 0 Å². The Balaban J connectivity index is 1.97. The van der Waals surface area contributed by atoms with Gasteiger partial charge in [0.05, 0.1) is 13.2 Å². The summed E-state index contributed by atoms with van der Waals surface area (Å²) < 4.78 is 11.0. The minimum atomic E-state index is -0.462. The van der Waals surface area contributed by atoms with Crippen LogP contribution < -0.4 is 4.74 Å². The van der Waals surface area contributed by atoms with Crippen molar-refractivity contribution in [3.8, 4) is 5.75 Å². The Morgan fingerprint density at radius 3 is 2.60 bits per heavy atom. The van der Waals surface area contributed by atoms with Crippen LogP contribution in [-0.2, 0) is 9.53 Å². The van der Waals surface area contributed by atoms with Crippen molar-refractivity contribution in [1.29, 1.82) is 0 Å². The van der Waals surface area contributed by atoms with Gasteiger partial charge in [-0.05, 0) is 30.5 Å². The molecule has 0 aromatic heterocycles. The minimum absolute atomic E-state index is 0.0308. The molecule has 1 fully saturated rings. The van der Waals surface area contributed by atoms with Gasteiger partial charge < -0.3 is 14.4 Å². The molecule has 4 nitrogen and oxygen atoms in total. The van der Waals surface area contributed by atoms with E-state index >= 15 is 0 Å².